The van der Waals surface area contributed by atoms with E-state index in [1.165, 1.54) is 0 Å². The lowest BCUT2D eigenvalue weighted by atomic mass is 10.0. The molecule has 3 aliphatic rings. The summed E-state index contributed by atoms with van der Waals surface area (Å²) in [7, 11) is -3.54. The van der Waals surface area contributed by atoms with Crippen LogP contribution in [0.1, 0.15) is 18.0 Å². The van der Waals surface area contributed by atoms with Gasteiger partial charge in [0.05, 0.1) is 17.4 Å². The van der Waals surface area contributed by atoms with E-state index in [2.05, 4.69) is 9.71 Å². The zero-order chi connectivity index (χ0) is 18.3. The van der Waals surface area contributed by atoms with Crippen molar-refractivity contribution in [3.8, 4) is 0 Å². The van der Waals surface area contributed by atoms with Crippen LogP contribution in [0.4, 0.5) is 0 Å². The summed E-state index contributed by atoms with van der Waals surface area (Å²) in [5.41, 5.74) is 1.25. The third-order valence-electron chi connectivity index (χ3n) is 4.42. The number of fused-ring (bicyclic) bond motifs is 2. The topological polar surface area (TPSA) is 78.8 Å². The van der Waals surface area contributed by atoms with E-state index < -0.39 is 10.0 Å². The highest BCUT2D eigenvalue weighted by atomic mass is 35.5. The standard InChI is InChI=1S/C17H16ClN3O3S2/c18-11-3-4-15-13(10-11)14(5-8-25-15)19-17(22)12-2-1-6-21-7-9-26(23,24)20-16(12)21/h1-4,6,10,14H,5,7-9H2,(H,19,22)/t14-/m0/s1. The molecule has 0 aromatic heterocycles. The maximum atomic E-state index is 12.9. The van der Waals surface area contributed by atoms with Gasteiger partial charge in [0, 0.05) is 28.4 Å². The molecule has 26 heavy (non-hydrogen) atoms. The van der Waals surface area contributed by atoms with Gasteiger partial charge < -0.3 is 10.2 Å². The molecule has 9 heteroatoms. The molecule has 0 fully saturated rings. The van der Waals surface area contributed by atoms with Crippen LogP contribution in [0, 0.1) is 0 Å². The van der Waals surface area contributed by atoms with E-state index in [9.17, 15) is 13.2 Å². The van der Waals surface area contributed by atoms with Gasteiger partial charge in [-0.15, -0.1) is 16.2 Å². The molecule has 1 amide bonds. The van der Waals surface area contributed by atoms with Gasteiger partial charge in [-0.1, -0.05) is 11.6 Å². The molecule has 136 valence electrons. The summed E-state index contributed by atoms with van der Waals surface area (Å²) in [5.74, 6) is 0.687. The van der Waals surface area contributed by atoms with E-state index >= 15 is 0 Å². The largest absolute Gasteiger partial charge is 0.345 e. The van der Waals surface area contributed by atoms with Crippen molar-refractivity contribution in [2.24, 2.45) is 4.40 Å². The van der Waals surface area contributed by atoms with E-state index in [1.807, 2.05) is 18.2 Å². The highest BCUT2D eigenvalue weighted by Gasteiger charge is 2.31. The number of carbonyl (C=O) groups excluding carboxylic acids is 1. The summed E-state index contributed by atoms with van der Waals surface area (Å²) < 4.78 is 27.5. The monoisotopic (exact) mass is 409 g/mol. The number of amidine groups is 1. The van der Waals surface area contributed by atoms with Crippen LogP contribution in [0.2, 0.25) is 5.02 Å². The Morgan fingerprint density at radius 1 is 1.38 bits per heavy atom. The van der Waals surface area contributed by atoms with Crippen LogP contribution in [0.25, 0.3) is 0 Å². The third kappa shape index (κ3) is 3.41. The van der Waals surface area contributed by atoms with Gasteiger partial charge in [-0.3, -0.25) is 4.79 Å². The SMILES string of the molecule is O=C(N[C@H]1CCSc2ccc(Cl)cc21)C1=CC=CN2CCS(=O)(=O)N=C12. The summed E-state index contributed by atoms with van der Waals surface area (Å²) in [6.07, 6.45) is 5.84. The highest BCUT2D eigenvalue weighted by molar-refractivity contribution is 7.99. The maximum Gasteiger partial charge on any atom is 0.256 e. The van der Waals surface area contributed by atoms with Crippen molar-refractivity contribution in [3.05, 3.63) is 52.7 Å². The Kier molecular flexibility index (Phi) is 4.58. The first-order valence-electron chi connectivity index (χ1n) is 8.14. The van der Waals surface area contributed by atoms with E-state index in [1.54, 1.807) is 35.0 Å². The summed E-state index contributed by atoms with van der Waals surface area (Å²) in [6, 6.07) is 5.50. The van der Waals surface area contributed by atoms with Gasteiger partial charge in [-0.05, 0) is 42.3 Å². The van der Waals surface area contributed by atoms with Crippen molar-refractivity contribution < 1.29 is 13.2 Å². The molecule has 1 aromatic rings. The second-order valence-electron chi connectivity index (χ2n) is 6.16. The van der Waals surface area contributed by atoms with Gasteiger partial charge in [-0.25, -0.2) is 8.42 Å². The molecule has 0 radical (unpaired) electrons. The summed E-state index contributed by atoms with van der Waals surface area (Å²) in [5, 5.41) is 3.64. The minimum atomic E-state index is -3.54. The zero-order valence-corrected chi connectivity index (χ0v) is 16.1. The number of hydrogen-bond acceptors (Lipinski definition) is 5. The fourth-order valence-electron chi connectivity index (χ4n) is 3.14. The third-order valence-corrected chi connectivity index (χ3v) is 6.93. The molecule has 0 saturated carbocycles. The Morgan fingerprint density at radius 3 is 3.08 bits per heavy atom. The zero-order valence-electron chi connectivity index (χ0n) is 13.7. The molecule has 1 N–H and O–H groups in total. The molecule has 0 aliphatic carbocycles. The summed E-state index contributed by atoms with van der Waals surface area (Å²) in [6.45, 7) is 0.292. The van der Waals surface area contributed by atoms with Gasteiger partial charge >= 0.3 is 0 Å². The number of rotatable bonds is 2. The van der Waals surface area contributed by atoms with E-state index in [4.69, 9.17) is 11.6 Å². The quantitative estimate of drug-likeness (QED) is 0.811. The van der Waals surface area contributed by atoms with Crippen LogP contribution in [-0.2, 0) is 14.8 Å². The molecule has 0 unspecified atom stereocenters. The number of hydrogen-bond donors (Lipinski definition) is 1. The second kappa shape index (κ2) is 6.75. The smallest absolute Gasteiger partial charge is 0.256 e. The number of thioether (sulfide) groups is 1. The lowest BCUT2D eigenvalue weighted by molar-refractivity contribution is -0.117. The molecule has 3 aliphatic heterocycles. The minimum absolute atomic E-state index is 0.0541. The van der Waals surface area contributed by atoms with E-state index in [0.717, 1.165) is 22.6 Å². The first-order valence-corrected chi connectivity index (χ1v) is 11.1. The van der Waals surface area contributed by atoms with Crippen molar-refractivity contribution in [1.82, 2.24) is 10.2 Å². The van der Waals surface area contributed by atoms with Crippen molar-refractivity contribution in [3.63, 3.8) is 0 Å². The number of carbonyl (C=O) groups is 1. The summed E-state index contributed by atoms with van der Waals surface area (Å²) in [4.78, 5) is 15.7. The minimum Gasteiger partial charge on any atom is -0.345 e. The van der Waals surface area contributed by atoms with Crippen molar-refractivity contribution in [2.45, 2.75) is 17.4 Å². The lowest BCUT2D eigenvalue weighted by Crippen LogP contribution is -2.43. The maximum absolute atomic E-state index is 12.9. The Hall–Kier alpha value is -1.77. The molecular weight excluding hydrogens is 394 g/mol. The molecule has 0 spiro atoms. The molecule has 6 nitrogen and oxygen atoms in total. The molecule has 0 saturated heterocycles. The highest BCUT2D eigenvalue weighted by Crippen LogP contribution is 2.37. The van der Waals surface area contributed by atoms with Crippen LogP contribution in [0.3, 0.4) is 0 Å². The van der Waals surface area contributed by atoms with Crippen LogP contribution in [0.15, 0.2) is 51.4 Å². The van der Waals surface area contributed by atoms with Crippen LogP contribution in [-0.4, -0.2) is 43.1 Å². The Balaban J connectivity index is 1.62. The van der Waals surface area contributed by atoms with Crippen molar-refractivity contribution in [2.75, 3.05) is 18.1 Å². The fourth-order valence-corrected chi connectivity index (χ4v) is 5.42. The van der Waals surface area contributed by atoms with Crippen molar-refractivity contribution in [1.29, 1.82) is 0 Å². The number of benzene rings is 1. The number of sulfonamides is 1. The average molecular weight is 410 g/mol. The number of allylic oxidation sites excluding steroid dienone is 2. The average Bonchev–Trinajstić information content (AvgIpc) is 2.61. The number of halogens is 1. The van der Waals surface area contributed by atoms with Crippen LogP contribution in [0.5, 0.6) is 0 Å². The molecular formula is C17H16ClN3O3S2. The van der Waals surface area contributed by atoms with Gasteiger partial charge in [-0.2, -0.15) is 0 Å². The van der Waals surface area contributed by atoms with Crippen LogP contribution < -0.4 is 5.32 Å². The number of nitrogens with one attached hydrogen (secondary N) is 1. The molecule has 1 aromatic carbocycles. The Bertz CT molecular complexity index is 969. The van der Waals surface area contributed by atoms with Crippen molar-refractivity contribution >= 4 is 45.1 Å². The van der Waals surface area contributed by atoms with Gasteiger partial charge in [0.15, 0.2) is 5.84 Å². The normalized spacial score (nSPS) is 23.4. The first-order chi connectivity index (χ1) is 12.4. The lowest BCUT2D eigenvalue weighted by Gasteiger charge is -2.30. The van der Waals surface area contributed by atoms with Crippen LogP contribution >= 0.6 is 23.4 Å². The predicted molar refractivity (Wildman–Crippen MR) is 103 cm³/mol. The Labute approximate surface area is 161 Å². The van der Waals surface area contributed by atoms with E-state index in [0.29, 0.717) is 11.6 Å². The Morgan fingerprint density at radius 2 is 2.23 bits per heavy atom. The fraction of sp³-hybridized carbons (Fsp3) is 0.294. The molecule has 3 heterocycles. The van der Waals surface area contributed by atoms with Gasteiger partial charge in [0.2, 0.25) is 0 Å². The summed E-state index contributed by atoms with van der Waals surface area (Å²) >= 11 is 7.85. The number of nitrogens with zero attached hydrogens (tertiary/aromatic N) is 2. The molecule has 1 atom stereocenters. The molecule has 4 rings (SSSR count). The van der Waals surface area contributed by atoms with E-state index in [-0.39, 0.29) is 29.1 Å². The molecule has 0 bridgehead atoms. The predicted octanol–water partition coefficient (Wildman–Crippen LogP) is 2.49. The first kappa shape index (κ1) is 17.6. The number of amides is 1. The van der Waals surface area contributed by atoms with Gasteiger partial charge in [0.1, 0.15) is 0 Å². The second-order valence-corrected chi connectivity index (χ2v) is 9.49. The van der Waals surface area contributed by atoms with Gasteiger partial charge in [0.25, 0.3) is 15.9 Å².